The number of rotatable bonds is 4. The largest absolute Gasteiger partial charge is 0.456 e. The maximum Gasteiger partial charge on any atom is 0.162 e. The molecule has 0 atom stereocenters. The van der Waals surface area contributed by atoms with E-state index >= 15 is 0 Å². The number of aromatic nitrogens is 1. The quantitative estimate of drug-likeness (QED) is 0.162. The molecule has 1 aliphatic rings. The van der Waals surface area contributed by atoms with Crippen molar-refractivity contribution in [3.05, 3.63) is 241 Å². The van der Waals surface area contributed by atoms with Gasteiger partial charge in [-0.1, -0.05) is 164 Å². The van der Waals surface area contributed by atoms with Gasteiger partial charge in [-0.05, 0) is 137 Å². The molecule has 0 spiro atoms. The van der Waals surface area contributed by atoms with Gasteiger partial charge in [-0.25, -0.2) is 9.98 Å². The number of para-hydroxylation sites is 1. The molecule has 0 unspecified atom stereocenters. The van der Waals surface area contributed by atoms with Crippen molar-refractivity contribution in [1.82, 2.24) is 4.57 Å². The van der Waals surface area contributed by atoms with Gasteiger partial charge in [-0.2, -0.15) is 0 Å². The molecule has 0 N–H and O–H groups in total. The molecule has 0 saturated carbocycles. The van der Waals surface area contributed by atoms with Crippen molar-refractivity contribution < 1.29 is 4.42 Å². The average Bonchev–Trinajstić information content (AvgIpc) is 3.87. The predicted molar refractivity (Wildman–Crippen MR) is 296 cm³/mol. The second-order valence-electron chi connectivity index (χ2n) is 18.9. The Bertz CT molecular complexity index is 4690. The zero-order valence-electron chi connectivity index (χ0n) is 38.2. The van der Waals surface area contributed by atoms with Crippen LogP contribution >= 0.6 is 0 Å². The van der Waals surface area contributed by atoms with Crippen LogP contribution in [0, 0.1) is 0 Å². The van der Waals surface area contributed by atoms with Crippen LogP contribution in [0.4, 0.5) is 0 Å². The van der Waals surface area contributed by atoms with Gasteiger partial charge in [0.05, 0.1) is 33.5 Å². The molecule has 0 fully saturated rings. The minimum absolute atomic E-state index is 0.622. The molecule has 0 aliphatic carbocycles. The van der Waals surface area contributed by atoms with Gasteiger partial charge in [0, 0.05) is 33.7 Å². The number of hydrogen-bond acceptors (Lipinski definition) is 3. The van der Waals surface area contributed by atoms with E-state index in [2.05, 4.69) is 230 Å². The first kappa shape index (κ1) is 38.9. The fraction of sp³-hybridized carbons (Fsp3) is 0.0303. The van der Waals surface area contributed by atoms with Gasteiger partial charge < -0.3 is 8.98 Å². The van der Waals surface area contributed by atoms with Crippen LogP contribution in [-0.2, 0) is 0 Å². The Morgan fingerprint density at radius 3 is 1.63 bits per heavy atom. The van der Waals surface area contributed by atoms with E-state index in [1.807, 2.05) is 0 Å². The Hall–Kier alpha value is -9.12. The number of benzene rings is 12. The lowest BCUT2D eigenvalue weighted by atomic mass is 9.95. The van der Waals surface area contributed by atoms with Crippen LogP contribution in [0.2, 0.25) is 0 Å². The molecule has 4 heteroatoms. The van der Waals surface area contributed by atoms with Crippen molar-refractivity contribution in [2.45, 2.75) is 13.3 Å². The topological polar surface area (TPSA) is 42.8 Å². The zero-order valence-corrected chi connectivity index (χ0v) is 38.2. The zero-order chi connectivity index (χ0) is 46.0. The van der Waals surface area contributed by atoms with Crippen LogP contribution in [0.3, 0.4) is 0 Å². The molecule has 1 aliphatic heterocycles. The molecular weight excluding hydrogens is 851 g/mol. The average molecular weight is 892 g/mol. The standard InChI is InChI=1S/C66H41N3O/c1-39-32-58(48-26-28-52-46(33-48)24-22-40-12-6-8-18-50(40)52)67-66(68-64(39)49-27-29-53-47(34-49)25-23-41-13-7-9-19-51(41)53)55-30-31-61-63(57-36-43-15-3-5-17-45(43)38-62(57)70-61)65(55)69-59-21-11-10-20-54(59)56-35-42-14-2-4-16-44(42)37-60(56)69/h2-31,33-38H,32H2,1H3. The fourth-order valence-corrected chi connectivity index (χ4v) is 11.5. The molecule has 14 aromatic rings. The molecule has 0 amide bonds. The van der Waals surface area contributed by atoms with E-state index in [0.29, 0.717) is 12.3 Å². The highest BCUT2D eigenvalue weighted by molar-refractivity contribution is 6.24. The first-order valence-corrected chi connectivity index (χ1v) is 24.1. The van der Waals surface area contributed by atoms with Crippen LogP contribution < -0.4 is 0 Å². The Morgan fingerprint density at radius 1 is 0.386 bits per heavy atom. The van der Waals surface area contributed by atoms with Crippen LogP contribution in [0.1, 0.15) is 30.0 Å². The van der Waals surface area contributed by atoms with Gasteiger partial charge >= 0.3 is 0 Å². The van der Waals surface area contributed by atoms with Gasteiger partial charge in [-0.3, -0.25) is 0 Å². The monoisotopic (exact) mass is 891 g/mol. The maximum atomic E-state index is 6.90. The third-order valence-electron chi connectivity index (χ3n) is 14.9. The summed E-state index contributed by atoms with van der Waals surface area (Å²) in [7, 11) is 0. The van der Waals surface area contributed by atoms with Gasteiger partial charge in [0.25, 0.3) is 0 Å². The highest BCUT2D eigenvalue weighted by Crippen LogP contribution is 2.44. The first-order chi connectivity index (χ1) is 34.6. The summed E-state index contributed by atoms with van der Waals surface area (Å²) >= 11 is 0. The maximum absolute atomic E-state index is 6.90. The number of fused-ring (bicyclic) bond motifs is 14. The van der Waals surface area contributed by atoms with Gasteiger partial charge in [0.2, 0.25) is 0 Å². The molecule has 15 rings (SSSR count). The molecule has 2 aromatic heterocycles. The molecule has 3 heterocycles. The molecule has 4 nitrogen and oxygen atoms in total. The van der Waals surface area contributed by atoms with Crippen molar-refractivity contribution in [2.24, 2.45) is 9.98 Å². The minimum Gasteiger partial charge on any atom is -0.456 e. The van der Waals surface area contributed by atoms with Crippen LogP contribution in [0.15, 0.2) is 238 Å². The molecule has 326 valence electrons. The van der Waals surface area contributed by atoms with Crippen molar-refractivity contribution in [1.29, 1.82) is 0 Å². The summed E-state index contributed by atoms with van der Waals surface area (Å²) in [6, 6.07) is 79.4. The molecular formula is C66H41N3O. The number of allylic oxidation sites excluding steroid dienone is 1. The lowest BCUT2D eigenvalue weighted by Crippen LogP contribution is -2.10. The Balaban J connectivity index is 1.05. The minimum atomic E-state index is 0.622. The normalized spacial score (nSPS) is 13.6. The van der Waals surface area contributed by atoms with E-state index in [4.69, 9.17) is 14.4 Å². The van der Waals surface area contributed by atoms with Crippen molar-refractivity contribution >= 4 is 126 Å². The summed E-state index contributed by atoms with van der Waals surface area (Å²) < 4.78 is 9.36. The van der Waals surface area contributed by atoms with Crippen LogP contribution in [0.5, 0.6) is 0 Å². The van der Waals surface area contributed by atoms with E-state index in [9.17, 15) is 0 Å². The smallest absolute Gasteiger partial charge is 0.162 e. The summed E-state index contributed by atoms with van der Waals surface area (Å²) in [4.78, 5) is 11.6. The molecule has 70 heavy (non-hydrogen) atoms. The van der Waals surface area contributed by atoms with Crippen molar-refractivity contribution in [3.8, 4) is 5.69 Å². The second-order valence-corrected chi connectivity index (χ2v) is 18.9. The van der Waals surface area contributed by atoms with Crippen molar-refractivity contribution in [2.75, 3.05) is 0 Å². The number of amidine groups is 1. The lowest BCUT2D eigenvalue weighted by molar-refractivity contribution is 0.669. The van der Waals surface area contributed by atoms with Gasteiger partial charge in [0.1, 0.15) is 11.2 Å². The SMILES string of the molecule is CC1=C(c2ccc3c(ccc4ccccc43)c2)N=C(c2ccc3oc4cc5ccccc5cc4c3c2-n2c3ccccc3c3cc4ccccc4cc32)N=C(c2ccc3c(ccc4ccccc43)c2)C1. The highest BCUT2D eigenvalue weighted by atomic mass is 16.3. The third-order valence-corrected chi connectivity index (χ3v) is 14.9. The number of furan rings is 1. The van der Waals surface area contributed by atoms with E-state index in [1.54, 1.807) is 0 Å². The van der Waals surface area contributed by atoms with E-state index in [0.717, 1.165) is 83.1 Å². The first-order valence-electron chi connectivity index (χ1n) is 24.1. The Kier molecular flexibility index (Phi) is 8.31. The van der Waals surface area contributed by atoms with Gasteiger partial charge in [0.15, 0.2) is 5.84 Å². The summed E-state index contributed by atoms with van der Waals surface area (Å²) in [5, 5.41) is 18.9. The Morgan fingerprint density at radius 2 is 0.929 bits per heavy atom. The van der Waals surface area contributed by atoms with Gasteiger partial charge in [-0.15, -0.1) is 0 Å². The summed E-state index contributed by atoms with van der Waals surface area (Å²) in [6.07, 6.45) is 0.622. The predicted octanol–water partition coefficient (Wildman–Crippen LogP) is 17.7. The highest BCUT2D eigenvalue weighted by Gasteiger charge is 2.26. The van der Waals surface area contributed by atoms with E-state index in [1.165, 1.54) is 64.6 Å². The number of nitrogens with zero attached hydrogens (tertiary/aromatic N) is 3. The fourth-order valence-electron chi connectivity index (χ4n) is 11.5. The molecule has 0 radical (unpaired) electrons. The number of aliphatic imine (C=N–C) groups is 2. The molecule has 12 aromatic carbocycles. The molecule has 0 saturated heterocycles. The summed E-state index contributed by atoms with van der Waals surface area (Å²) in [6.45, 7) is 2.23. The molecule has 0 bridgehead atoms. The second kappa shape index (κ2) is 14.9. The third kappa shape index (κ3) is 5.90. The van der Waals surface area contributed by atoms with Crippen molar-refractivity contribution in [3.63, 3.8) is 0 Å². The lowest BCUT2D eigenvalue weighted by Gasteiger charge is -2.16. The summed E-state index contributed by atoms with van der Waals surface area (Å²) in [5.41, 5.74) is 11.0. The van der Waals surface area contributed by atoms with E-state index < -0.39 is 0 Å². The van der Waals surface area contributed by atoms with E-state index in [-0.39, 0.29) is 0 Å². The van der Waals surface area contributed by atoms with Crippen LogP contribution in [0.25, 0.3) is 120 Å². The Labute approximate surface area is 402 Å². The summed E-state index contributed by atoms with van der Waals surface area (Å²) in [5.74, 6) is 0.651. The number of hydrogen-bond donors (Lipinski definition) is 0. The van der Waals surface area contributed by atoms with Crippen LogP contribution in [-0.4, -0.2) is 16.1 Å².